The van der Waals surface area contributed by atoms with Crippen molar-refractivity contribution in [3.05, 3.63) is 113 Å². The first-order chi connectivity index (χ1) is 14.0. The van der Waals surface area contributed by atoms with Gasteiger partial charge in [0.15, 0.2) is 0 Å². The summed E-state index contributed by atoms with van der Waals surface area (Å²) < 4.78 is 3.60. The predicted octanol–water partition coefficient (Wildman–Crippen LogP) is 7.79. The van der Waals surface area contributed by atoms with Crippen LogP contribution in [0.1, 0.15) is 51.7 Å². The minimum absolute atomic E-state index is 0.438. The molecule has 0 heterocycles. The maximum absolute atomic E-state index is 2.40. The molecular weight excluding hydrogens is 428 g/mol. The molecule has 0 amide bonds. The van der Waals surface area contributed by atoms with Gasteiger partial charge in [-0.2, -0.15) is 0 Å². The van der Waals surface area contributed by atoms with E-state index in [9.17, 15) is 0 Å². The van der Waals surface area contributed by atoms with Gasteiger partial charge in [-0.15, -0.1) is 0 Å². The number of hydrogen-bond donors (Lipinski definition) is 0. The molecule has 0 N–H and O–H groups in total. The summed E-state index contributed by atoms with van der Waals surface area (Å²) in [6, 6.07) is 21.2. The van der Waals surface area contributed by atoms with E-state index in [0.717, 1.165) is 12.8 Å². The fourth-order valence-corrected chi connectivity index (χ4v) is 7.44. The summed E-state index contributed by atoms with van der Waals surface area (Å²) in [5, 5.41) is 0. The van der Waals surface area contributed by atoms with Crippen LogP contribution in [0.2, 0.25) is 0 Å². The number of rotatable bonds is 5. The second-order valence-corrected chi connectivity index (χ2v) is 11.6. The fourth-order valence-electron chi connectivity index (χ4n) is 3.65. The van der Waals surface area contributed by atoms with E-state index < -0.39 is 23.2 Å². The predicted molar refractivity (Wildman–Crippen MR) is 122 cm³/mol. The van der Waals surface area contributed by atoms with E-state index in [4.69, 9.17) is 0 Å². The van der Waals surface area contributed by atoms with E-state index in [1.165, 1.54) is 35.1 Å². The van der Waals surface area contributed by atoms with E-state index in [1.807, 2.05) is 0 Å². The zero-order valence-electron chi connectivity index (χ0n) is 18.3. The van der Waals surface area contributed by atoms with E-state index in [0.29, 0.717) is 0 Å². The number of benzene rings is 2. The van der Waals surface area contributed by atoms with Crippen molar-refractivity contribution in [1.82, 2.24) is 0 Å². The maximum atomic E-state index is 2.40. The van der Waals surface area contributed by atoms with E-state index in [-0.39, 0.29) is 0 Å². The van der Waals surface area contributed by atoms with Crippen LogP contribution >= 0.6 is 0 Å². The third-order valence-corrected chi connectivity index (χ3v) is 10.3. The zero-order valence-corrected chi connectivity index (χ0v) is 20.7. The van der Waals surface area contributed by atoms with Gasteiger partial charge in [0, 0.05) is 0 Å². The maximum Gasteiger partial charge on any atom is -0.0238 e. The molecule has 0 bridgehead atoms. The van der Waals surface area contributed by atoms with Crippen molar-refractivity contribution in [2.24, 2.45) is 0 Å². The molecule has 0 saturated carbocycles. The summed E-state index contributed by atoms with van der Waals surface area (Å²) in [5.41, 5.74) is 9.07. The number of allylic oxidation sites excluding steroid dienone is 8. The smallest absolute Gasteiger partial charge is 0.0238 e. The van der Waals surface area contributed by atoms with Gasteiger partial charge in [-0.05, 0) is 24.0 Å². The normalized spacial score (nSPS) is 15.7. The Morgan fingerprint density at radius 2 is 0.966 bits per heavy atom. The third-order valence-electron chi connectivity index (χ3n) is 6.00. The van der Waals surface area contributed by atoms with Gasteiger partial charge < -0.3 is 0 Å². The van der Waals surface area contributed by atoms with Crippen molar-refractivity contribution < 1.29 is 23.2 Å². The average Bonchev–Trinajstić information content (AvgIpc) is 3.25. The van der Waals surface area contributed by atoms with Crippen LogP contribution < -0.4 is 0 Å². The summed E-state index contributed by atoms with van der Waals surface area (Å²) >= 11 is -0.438. The molecule has 0 spiro atoms. The molecule has 2 aromatic rings. The molecule has 0 fully saturated rings. The molecule has 0 aromatic heterocycles. The van der Waals surface area contributed by atoms with Gasteiger partial charge in [0.1, 0.15) is 0 Å². The van der Waals surface area contributed by atoms with Crippen molar-refractivity contribution in [2.75, 3.05) is 0 Å². The van der Waals surface area contributed by atoms with Crippen molar-refractivity contribution >= 4 is 0 Å². The Labute approximate surface area is 188 Å². The monoisotopic (exact) mass is 458 g/mol. The van der Waals surface area contributed by atoms with E-state index in [1.54, 1.807) is 17.7 Å². The van der Waals surface area contributed by atoms with Gasteiger partial charge in [0.25, 0.3) is 0 Å². The topological polar surface area (TPSA) is 0 Å². The van der Waals surface area contributed by atoms with Crippen LogP contribution in [-0.2, 0) is 36.1 Å². The zero-order chi connectivity index (χ0) is 20.6. The molecule has 2 aliphatic rings. The molecule has 0 unspecified atom stereocenters. The fraction of sp³-hybridized carbons (Fsp3) is 0.286. The largest absolute Gasteiger partial charge is 0.0622 e. The Morgan fingerprint density at radius 1 is 0.586 bits per heavy atom. The second-order valence-electron chi connectivity index (χ2n) is 7.99. The average molecular weight is 460 g/mol. The standard InChI is InChI=1S/C14H14.2C7H9.Zr/c1-3-7-13(8-4-1)11-12-14-9-5-2-6-10-14;2*1-6-4-3-5-7(6)2;/h1-10H,11-12H2;2*4H,3H2,1-2H3;. The summed E-state index contributed by atoms with van der Waals surface area (Å²) in [7, 11) is 0. The molecule has 4 rings (SSSR count). The number of hydrogen-bond acceptors (Lipinski definition) is 0. The SMILES string of the molecule is CC1=CC[C]([Zr][C]2=C(C)C(C)=CC2)=C1C.c1ccc(CCc2ccccc2)cc1. The van der Waals surface area contributed by atoms with Crippen LogP contribution in [0.4, 0.5) is 0 Å². The molecule has 2 aromatic carbocycles. The Balaban J connectivity index is 0.000000166. The van der Waals surface area contributed by atoms with Crippen LogP contribution in [-0.4, -0.2) is 0 Å². The minimum atomic E-state index is -0.438. The minimum Gasteiger partial charge on any atom is -0.0622 e. The quantitative estimate of drug-likeness (QED) is 0.428. The molecule has 29 heavy (non-hydrogen) atoms. The molecule has 0 atom stereocenters. The van der Waals surface area contributed by atoms with E-state index in [2.05, 4.69) is 101 Å². The van der Waals surface area contributed by atoms with Gasteiger partial charge in [0.2, 0.25) is 0 Å². The van der Waals surface area contributed by atoms with Crippen LogP contribution in [0.5, 0.6) is 0 Å². The Hall–Kier alpha value is -1.72. The molecule has 0 saturated heterocycles. The molecule has 1 heteroatoms. The Morgan fingerprint density at radius 3 is 1.28 bits per heavy atom. The number of aryl methyl sites for hydroxylation is 2. The van der Waals surface area contributed by atoms with Crippen LogP contribution in [0, 0.1) is 0 Å². The second kappa shape index (κ2) is 10.9. The van der Waals surface area contributed by atoms with Crippen molar-refractivity contribution in [3.63, 3.8) is 0 Å². The first kappa shape index (κ1) is 22.0. The van der Waals surface area contributed by atoms with Gasteiger partial charge in [0.05, 0.1) is 0 Å². The Kier molecular flexibility index (Phi) is 8.25. The first-order valence-electron chi connectivity index (χ1n) is 10.6. The summed E-state index contributed by atoms with van der Waals surface area (Å²) in [5.74, 6) is 0. The Bertz CT molecular complexity index is 861. The van der Waals surface area contributed by atoms with Gasteiger partial charge in [-0.3, -0.25) is 0 Å². The molecule has 2 aliphatic carbocycles. The summed E-state index contributed by atoms with van der Waals surface area (Å²) in [4.78, 5) is 0. The van der Waals surface area contributed by atoms with Crippen molar-refractivity contribution in [2.45, 2.75) is 53.4 Å². The van der Waals surface area contributed by atoms with Gasteiger partial charge in [-0.1, -0.05) is 60.7 Å². The van der Waals surface area contributed by atoms with Gasteiger partial charge >= 0.3 is 105 Å². The third kappa shape index (κ3) is 6.38. The summed E-state index contributed by atoms with van der Waals surface area (Å²) in [6.07, 6.45) is 9.56. The molecule has 0 aliphatic heterocycles. The molecule has 0 nitrogen and oxygen atoms in total. The van der Waals surface area contributed by atoms with E-state index >= 15 is 0 Å². The van der Waals surface area contributed by atoms with Crippen LogP contribution in [0.25, 0.3) is 0 Å². The van der Waals surface area contributed by atoms with Crippen LogP contribution in [0.3, 0.4) is 0 Å². The van der Waals surface area contributed by atoms with Crippen LogP contribution in [0.15, 0.2) is 102 Å². The van der Waals surface area contributed by atoms with Crippen molar-refractivity contribution in [1.29, 1.82) is 0 Å². The summed E-state index contributed by atoms with van der Waals surface area (Å²) in [6.45, 7) is 9.11. The molecule has 0 radical (unpaired) electrons. The molecule has 148 valence electrons. The van der Waals surface area contributed by atoms with Gasteiger partial charge in [-0.25, -0.2) is 0 Å². The first-order valence-corrected chi connectivity index (χ1v) is 13.1. The van der Waals surface area contributed by atoms with Crippen molar-refractivity contribution in [3.8, 4) is 0 Å². The molecular formula is C28H32Zr.